The quantitative estimate of drug-likeness (QED) is 0.342. The van der Waals surface area contributed by atoms with Gasteiger partial charge < -0.3 is 15.5 Å². The van der Waals surface area contributed by atoms with E-state index < -0.39 is 0 Å². The average molecular weight is 494 g/mol. The van der Waals surface area contributed by atoms with E-state index in [2.05, 4.69) is 49.0 Å². The van der Waals surface area contributed by atoms with Crippen molar-refractivity contribution < 1.29 is 9.59 Å². The Bertz CT molecular complexity index is 1520. The van der Waals surface area contributed by atoms with Crippen LogP contribution in [0.5, 0.6) is 0 Å². The highest BCUT2D eigenvalue weighted by atomic mass is 16.2. The normalized spacial score (nSPS) is 12.8. The third kappa shape index (κ3) is 5.56. The molecule has 1 aliphatic rings. The van der Waals surface area contributed by atoms with Crippen molar-refractivity contribution in [3.63, 3.8) is 0 Å². The molecule has 0 bridgehead atoms. The second-order valence-electron chi connectivity index (χ2n) is 9.05. The summed E-state index contributed by atoms with van der Waals surface area (Å²) in [7, 11) is 3.34. The molecule has 186 valence electrons. The van der Waals surface area contributed by atoms with E-state index >= 15 is 0 Å². The Morgan fingerprint density at radius 2 is 1.86 bits per heavy atom. The molecule has 9 nitrogen and oxygen atoms in total. The minimum Gasteiger partial charge on any atom is -0.331 e. The molecule has 1 aromatic carbocycles. The number of aromatic nitrogens is 4. The van der Waals surface area contributed by atoms with Gasteiger partial charge in [0.05, 0.1) is 29.3 Å². The SMILES string of the molecule is CN(C)C(=O)Nc1cncc(-c2ccc3[nH]nc(C(=O)Nc4ccc(CC5=CCCC=C5)nc4)c3c2)c1. The number of benzene rings is 1. The molecule has 3 amide bonds. The van der Waals surface area contributed by atoms with Gasteiger partial charge in [-0.05, 0) is 54.3 Å². The van der Waals surface area contributed by atoms with Crippen LogP contribution < -0.4 is 10.6 Å². The van der Waals surface area contributed by atoms with Gasteiger partial charge in [-0.15, -0.1) is 0 Å². The van der Waals surface area contributed by atoms with E-state index in [4.69, 9.17) is 0 Å². The zero-order valence-corrected chi connectivity index (χ0v) is 20.7. The summed E-state index contributed by atoms with van der Waals surface area (Å²) in [6.07, 6.45) is 14.4. The van der Waals surface area contributed by atoms with Gasteiger partial charge in [0.25, 0.3) is 5.91 Å². The molecule has 1 aliphatic carbocycles. The molecule has 9 heteroatoms. The second kappa shape index (κ2) is 10.4. The van der Waals surface area contributed by atoms with Crippen molar-refractivity contribution in [1.29, 1.82) is 0 Å². The largest absolute Gasteiger partial charge is 0.331 e. The first kappa shape index (κ1) is 23.9. The number of fused-ring (bicyclic) bond motifs is 1. The molecule has 37 heavy (non-hydrogen) atoms. The van der Waals surface area contributed by atoms with Crippen LogP contribution in [-0.2, 0) is 6.42 Å². The van der Waals surface area contributed by atoms with Gasteiger partial charge in [-0.1, -0.05) is 24.3 Å². The summed E-state index contributed by atoms with van der Waals surface area (Å²) >= 11 is 0. The summed E-state index contributed by atoms with van der Waals surface area (Å²) in [4.78, 5) is 35.3. The van der Waals surface area contributed by atoms with E-state index in [9.17, 15) is 9.59 Å². The number of allylic oxidation sites excluding steroid dienone is 4. The topological polar surface area (TPSA) is 116 Å². The number of amides is 3. The lowest BCUT2D eigenvalue weighted by molar-refractivity contribution is 0.102. The van der Waals surface area contributed by atoms with Crippen LogP contribution in [-0.4, -0.2) is 51.1 Å². The number of hydrogen-bond acceptors (Lipinski definition) is 5. The summed E-state index contributed by atoms with van der Waals surface area (Å²) in [6, 6.07) is 11.0. The Morgan fingerprint density at radius 3 is 2.62 bits per heavy atom. The van der Waals surface area contributed by atoms with Crippen LogP contribution in [0.4, 0.5) is 16.2 Å². The number of rotatable bonds is 6. The first-order valence-electron chi connectivity index (χ1n) is 12.0. The highest BCUT2D eigenvalue weighted by Gasteiger charge is 2.16. The van der Waals surface area contributed by atoms with E-state index in [1.807, 2.05) is 36.4 Å². The fourth-order valence-electron chi connectivity index (χ4n) is 4.07. The average Bonchev–Trinajstić information content (AvgIpc) is 3.34. The Labute approximate surface area is 214 Å². The maximum atomic E-state index is 13.1. The summed E-state index contributed by atoms with van der Waals surface area (Å²) in [5, 5.41) is 13.5. The number of nitrogens with one attached hydrogen (secondary N) is 3. The van der Waals surface area contributed by atoms with Crippen LogP contribution in [0.15, 0.2) is 78.8 Å². The van der Waals surface area contributed by atoms with Crippen molar-refractivity contribution in [2.45, 2.75) is 19.3 Å². The third-order valence-electron chi connectivity index (χ3n) is 6.05. The smallest absolute Gasteiger partial charge is 0.321 e. The molecular weight excluding hydrogens is 466 g/mol. The maximum Gasteiger partial charge on any atom is 0.321 e. The zero-order chi connectivity index (χ0) is 25.8. The van der Waals surface area contributed by atoms with E-state index in [0.29, 0.717) is 16.8 Å². The molecule has 0 radical (unpaired) electrons. The number of aromatic amines is 1. The summed E-state index contributed by atoms with van der Waals surface area (Å²) in [5.41, 5.74) is 6.04. The molecule has 0 saturated carbocycles. The zero-order valence-electron chi connectivity index (χ0n) is 20.7. The summed E-state index contributed by atoms with van der Waals surface area (Å²) in [5.74, 6) is -0.332. The predicted octanol–water partition coefficient (Wildman–Crippen LogP) is 5.18. The predicted molar refractivity (Wildman–Crippen MR) is 144 cm³/mol. The van der Waals surface area contributed by atoms with Crippen molar-refractivity contribution in [1.82, 2.24) is 25.1 Å². The molecular formula is C28H27N7O2. The molecule has 3 heterocycles. The van der Waals surface area contributed by atoms with Gasteiger partial charge in [-0.2, -0.15) is 5.10 Å². The van der Waals surface area contributed by atoms with Crippen LogP contribution in [0.25, 0.3) is 22.0 Å². The Kier molecular flexibility index (Phi) is 6.76. The number of urea groups is 1. The first-order chi connectivity index (χ1) is 18.0. The molecule has 0 saturated heterocycles. The molecule has 0 atom stereocenters. The lowest BCUT2D eigenvalue weighted by Crippen LogP contribution is -2.27. The fraction of sp³-hybridized carbons (Fsp3) is 0.179. The monoisotopic (exact) mass is 493 g/mol. The van der Waals surface area contributed by atoms with Crippen LogP contribution in [0.2, 0.25) is 0 Å². The van der Waals surface area contributed by atoms with Gasteiger partial charge >= 0.3 is 6.03 Å². The number of hydrogen-bond donors (Lipinski definition) is 3. The highest BCUT2D eigenvalue weighted by molar-refractivity contribution is 6.11. The van der Waals surface area contributed by atoms with Crippen LogP contribution in [0.1, 0.15) is 29.0 Å². The highest BCUT2D eigenvalue weighted by Crippen LogP contribution is 2.27. The minimum absolute atomic E-state index is 0.242. The van der Waals surface area contributed by atoms with E-state index in [-0.39, 0.29) is 17.6 Å². The van der Waals surface area contributed by atoms with Crippen molar-refractivity contribution in [3.05, 3.63) is 90.2 Å². The lowest BCUT2D eigenvalue weighted by atomic mass is 10.0. The first-order valence-corrected chi connectivity index (χ1v) is 12.0. The molecule has 3 N–H and O–H groups in total. The second-order valence-corrected chi connectivity index (χ2v) is 9.05. The van der Waals surface area contributed by atoms with E-state index in [0.717, 1.165) is 41.6 Å². The number of carbonyl (C=O) groups excluding carboxylic acids is 2. The molecule has 0 aliphatic heterocycles. The molecule has 3 aromatic heterocycles. The molecule has 0 spiro atoms. The Hall–Kier alpha value is -4.79. The maximum absolute atomic E-state index is 13.1. The van der Waals surface area contributed by atoms with Crippen molar-refractivity contribution >= 4 is 34.2 Å². The number of pyridine rings is 2. The minimum atomic E-state index is -0.332. The van der Waals surface area contributed by atoms with Crippen molar-refractivity contribution in [3.8, 4) is 11.1 Å². The van der Waals surface area contributed by atoms with Gasteiger partial charge in [-0.25, -0.2) is 4.79 Å². The van der Waals surface area contributed by atoms with Gasteiger partial charge in [0.1, 0.15) is 0 Å². The molecule has 4 aromatic rings. The Morgan fingerprint density at radius 1 is 0.973 bits per heavy atom. The van der Waals surface area contributed by atoms with E-state index in [1.165, 1.54) is 10.5 Å². The number of carbonyl (C=O) groups is 2. The van der Waals surface area contributed by atoms with Crippen LogP contribution in [0, 0.1) is 0 Å². The van der Waals surface area contributed by atoms with Gasteiger partial charge in [0, 0.05) is 43.4 Å². The Balaban J connectivity index is 1.33. The fourth-order valence-corrected chi connectivity index (χ4v) is 4.07. The van der Waals surface area contributed by atoms with Gasteiger partial charge in [0.2, 0.25) is 0 Å². The van der Waals surface area contributed by atoms with Crippen molar-refractivity contribution in [2.24, 2.45) is 0 Å². The summed E-state index contributed by atoms with van der Waals surface area (Å²) in [6.45, 7) is 0. The number of anilines is 2. The van der Waals surface area contributed by atoms with Crippen LogP contribution >= 0.6 is 0 Å². The van der Waals surface area contributed by atoms with Crippen LogP contribution in [0.3, 0.4) is 0 Å². The van der Waals surface area contributed by atoms with Crippen molar-refractivity contribution in [2.75, 3.05) is 24.7 Å². The third-order valence-corrected chi connectivity index (χ3v) is 6.05. The van der Waals surface area contributed by atoms with E-state index in [1.54, 1.807) is 32.7 Å². The van der Waals surface area contributed by atoms with Gasteiger partial charge in [-0.3, -0.25) is 19.9 Å². The number of nitrogens with zero attached hydrogens (tertiary/aromatic N) is 4. The molecule has 0 fully saturated rings. The lowest BCUT2D eigenvalue weighted by Gasteiger charge is -2.12. The summed E-state index contributed by atoms with van der Waals surface area (Å²) < 4.78 is 0. The number of H-pyrrole nitrogens is 1. The standard InChI is InChI=1S/C28H27N7O2/c1-35(2)28(37)32-23-13-20(15-29-16-23)19-8-11-25-24(14-19)26(34-33-25)27(36)31-22-10-9-21(30-17-22)12-18-6-4-3-5-7-18/h4,6-11,13-17H,3,5,12H2,1-2H3,(H,31,36)(H,32,37)(H,33,34). The molecule has 0 unspecified atom stereocenters. The molecule has 5 rings (SSSR count). The van der Waals surface area contributed by atoms with Gasteiger partial charge in [0.15, 0.2) is 5.69 Å².